The molecule has 0 aromatic rings. The zero-order valence-corrected chi connectivity index (χ0v) is 11.3. The van der Waals surface area contributed by atoms with Crippen LogP contribution in [-0.4, -0.2) is 53.5 Å². The smallest absolute Gasteiger partial charge is 0 e. The summed E-state index contributed by atoms with van der Waals surface area (Å²) < 4.78 is 8.22. The average Bonchev–Trinajstić information content (AvgIpc) is 1.00. The van der Waals surface area contributed by atoms with Gasteiger partial charge < -0.3 is 0 Å². The molecule has 0 aromatic heterocycles. The van der Waals surface area contributed by atoms with E-state index in [1.165, 1.54) is 0 Å². The number of hydrogen-bond donors (Lipinski definition) is 0. The molecule has 4 heteroatoms. The molecule has 25 valence electrons. The Balaban J connectivity index is -0.00000000500. The molecule has 7 radical (unpaired) electrons. The molecule has 0 heterocycles. The Bertz CT molecular complexity index is 8.00. The van der Waals surface area contributed by atoms with Gasteiger partial charge in [0.25, 0.3) is 0 Å². The van der Waals surface area contributed by atoms with Gasteiger partial charge in [0.05, 0.1) is 0 Å². The van der Waals surface area contributed by atoms with Crippen LogP contribution in [0.15, 0.2) is 0 Å². The van der Waals surface area contributed by atoms with Crippen molar-refractivity contribution in [2.45, 2.75) is 0 Å². The van der Waals surface area contributed by atoms with Gasteiger partial charge in [-0.1, -0.05) is 0 Å². The van der Waals surface area contributed by atoms with E-state index in [0.717, 1.165) is 19.8 Å². The van der Waals surface area contributed by atoms with Crippen LogP contribution in [0.1, 0.15) is 0 Å². The first-order valence-electron chi connectivity index (χ1n) is 0.129. The summed E-state index contributed by atoms with van der Waals surface area (Å²) in [4.78, 5) is 0. The van der Waals surface area contributed by atoms with Crippen LogP contribution in [0.3, 0.4) is 0 Å². The fraction of sp³-hybridized carbons (Fsp3) is 0. The van der Waals surface area contributed by atoms with E-state index in [-0.39, 0.29) is 53.5 Å². The van der Waals surface area contributed by atoms with Crippen LogP contribution < -0.4 is 0 Å². The van der Waals surface area contributed by atoms with E-state index in [1.807, 2.05) is 0 Å². The predicted molar refractivity (Wildman–Crippen MR) is 12.2 cm³/mol. The van der Waals surface area contributed by atoms with Crippen molar-refractivity contribution in [3.8, 4) is 0 Å². The quantitative estimate of drug-likeness (QED) is 0.320. The molecule has 0 amide bonds. The summed E-state index contributed by atoms with van der Waals surface area (Å²) in [6, 6.07) is 0. The van der Waals surface area contributed by atoms with Gasteiger partial charge in [0.1, 0.15) is 0 Å². The zero-order valence-electron chi connectivity index (χ0n) is 1.67. The van der Waals surface area contributed by atoms with Crippen LogP contribution in [0.2, 0.25) is 0 Å². The molecule has 0 spiro atoms. The Morgan fingerprint density at radius 3 is 1.25 bits per heavy atom. The maximum absolute atomic E-state index is 8.22. The summed E-state index contributed by atoms with van der Waals surface area (Å²) >= 11 is 0.889. The van der Waals surface area contributed by atoms with E-state index in [9.17, 15) is 0 Å². The Hall–Kier alpha value is 2.29. The van der Waals surface area contributed by atoms with Crippen molar-refractivity contribution < 1.29 is 23.2 Å². The van der Waals surface area contributed by atoms with Gasteiger partial charge >= 0.3 is 23.2 Å². The molecule has 0 fully saturated rings. The SMILES string of the molecule is [Bi].[O]=[Pt].[Pb]. The minimum absolute atomic E-state index is 0. The molecule has 0 saturated heterocycles. The average molecular weight is 627 g/mol. The summed E-state index contributed by atoms with van der Waals surface area (Å²) in [6.07, 6.45) is 0. The number of hydrogen-bond acceptors (Lipinski definition) is 1. The molecule has 0 aliphatic heterocycles. The predicted octanol–water partition coefficient (Wildman–Crippen LogP) is -0.883. The normalized spacial score (nSPS) is 1.50. The van der Waals surface area contributed by atoms with Crippen LogP contribution in [0, 0.1) is 0 Å². The van der Waals surface area contributed by atoms with Gasteiger partial charge in [-0.3, -0.25) is 0 Å². The molecule has 0 rings (SSSR count). The maximum atomic E-state index is 8.22. The summed E-state index contributed by atoms with van der Waals surface area (Å²) in [5, 5.41) is 0. The van der Waals surface area contributed by atoms with Crippen molar-refractivity contribution in [2.75, 3.05) is 0 Å². The van der Waals surface area contributed by atoms with Crippen molar-refractivity contribution >= 4 is 53.5 Å². The van der Waals surface area contributed by atoms with Crippen molar-refractivity contribution in [2.24, 2.45) is 0 Å². The fourth-order valence-corrected chi connectivity index (χ4v) is 0. The standard InChI is InChI=1S/Bi.O.Pb.Pt. The Labute approximate surface area is 75.4 Å². The largest absolute Gasteiger partial charge is 0 e. The molecule has 0 aliphatic rings. The first-order chi connectivity index (χ1) is 1.00. The second-order valence-corrected chi connectivity index (χ2v) is 0. The van der Waals surface area contributed by atoms with E-state index < -0.39 is 0 Å². The zero-order chi connectivity index (χ0) is 2.00. The summed E-state index contributed by atoms with van der Waals surface area (Å²) in [6.45, 7) is 0. The van der Waals surface area contributed by atoms with Gasteiger partial charge in [0.15, 0.2) is 0 Å². The van der Waals surface area contributed by atoms with E-state index >= 15 is 0 Å². The first-order valence-corrected chi connectivity index (χ1v) is 1.06. The van der Waals surface area contributed by atoms with E-state index in [2.05, 4.69) is 0 Å². The van der Waals surface area contributed by atoms with E-state index in [4.69, 9.17) is 3.40 Å². The minimum atomic E-state index is 0. The monoisotopic (exact) mass is 628 g/mol. The second kappa shape index (κ2) is 18.6. The molecule has 0 unspecified atom stereocenters. The second-order valence-electron chi connectivity index (χ2n) is 0. The molecule has 0 bridgehead atoms. The summed E-state index contributed by atoms with van der Waals surface area (Å²) in [5.41, 5.74) is 0. The van der Waals surface area contributed by atoms with Gasteiger partial charge in [-0.05, 0) is 0 Å². The third-order valence-corrected chi connectivity index (χ3v) is 0. The van der Waals surface area contributed by atoms with Gasteiger partial charge in [-0.2, -0.15) is 0 Å². The fourth-order valence-electron chi connectivity index (χ4n) is 0. The third-order valence-electron chi connectivity index (χ3n) is 0. The Morgan fingerprint density at radius 1 is 1.25 bits per heavy atom. The molecule has 4 heavy (non-hydrogen) atoms. The van der Waals surface area contributed by atoms with E-state index in [0.29, 0.717) is 0 Å². The Kier molecular flexibility index (Phi) is 75.4. The van der Waals surface area contributed by atoms with Crippen molar-refractivity contribution in [3.05, 3.63) is 0 Å². The third kappa shape index (κ3) is 8.85. The first kappa shape index (κ1) is 16.3. The summed E-state index contributed by atoms with van der Waals surface area (Å²) in [5.74, 6) is 0. The van der Waals surface area contributed by atoms with Gasteiger partial charge in [-0.25, -0.2) is 0 Å². The molecule has 0 aromatic carbocycles. The van der Waals surface area contributed by atoms with Crippen LogP contribution in [-0.2, 0) is 23.2 Å². The topological polar surface area (TPSA) is 17.1 Å². The van der Waals surface area contributed by atoms with Crippen LogP contribution in [0.4, 0.5) is 0 Å². The van der Waals surface area contributed by atoms with Crippen molar-refractivity contribution in [3.63, 3.8) is 0 Å². The van der Waals surface area contributed by atoms with Crippen LogP contribution in [0.25, 0.3) is 0 Å². The molecular weight excluding hydrogens is 627 g/mol. The summed E-state index contributed by atoms with van der Waals surface area (Å²) in [7, 11) is 0. The van der Waals surface area contributed by atoms with Crippen molar-refractivity contribution in [1.29, 1.82) is 0 Å². The van der Waals surface area contributed by atoms with E-state index in [1.54, 1.807) is 0 Å². The minimum Gasteiger partial charge on any atom is 0 e. The molecule has 0 atom stereocenters. The van der Waals surface area contributed by atoms with Crippen LogP contribution in [0.5, 0.6) is 0 Å². The number of rotatable bonds is 0. The molecular formula is BiOPbPt. The van der Waals surface area contributed by atoms with Crippen molar-refractivity contribution in [1.82, 2.24) is 0 Å². The molecule has 0 aliphatic carbocycles. The van der Waals surface area contributed by atoms with Gasteiger partial charge in [0, 0.05) is 53.5 Å². The maximum Gasteiger partial charge on any atom is 0 e. The molecule has 0 saturated carbocycles. The van der Waals surface area contributed by atoms with Crippen LogP contribution >= 0.6 is 0 Å². The van der Waals surface area contributed by atoms with Gasteiger partial charge in [0.2, 0.25) is 0 Å². The Morgan fingerprint density at radius 2 is 1.25 bits per heavy atom. The van der Waals surface area contributed by atoms with Gasteiger partial charge in [-0.15, -0.1) is 0 Å². The molecule has 1 nitrogen and oxygen atoms in total. The molecule has 0 N–H and O–H groups in total.